The van der Waals surface area contributed by atoms with Crippen molar-refractivity contribution in [3.8, 4) is 33.6 Å². The third kappa shape index (κ3) is 7.89. The summed E-state index contributed by atoms with van der Waals surface area (Å²) < 4.78 is 100. The SMILES string of the molecule is [2H]C([2H])([2H])c1c[c-]c(-c2ccc(C(C)(C)C)cn2)cc1.[2H]C([2H])([2H])c1ccc2c(n1)oc1c(-c3cc(-c4ccc([Si](C)(C)C)cc4C([2H])([2H])[2H])c(C([2H])([2H])[2H])cn3)[c-]ccc12.[Ir]. The Labute approximate surface area is 328 Å². The second kappa shape index (κ2) is 14.6. The summed E-state index contributed by atoms with van der Waals surface area (Å²) in [7, 11) is -1.88. The Morgan fingerprint density at radius 1 is 0.740 bits per heavy atom. The summed E-state index contributed by atoms with van der Waals surface area (Å²) in [6.45, 7) is 3.22. The molecule has 0 aliphatic rings. The standard InChI is InChI=1S/C28H27N2OSi.C16H18N.Ir/c1-17-14-20(32(4,5)6)11-13-21(17)25-15-26(29-16-18(25)2)24-9-7-8-22-23-12-10-19(3)30-28(23)31-27(22)24;1-12-5-7-13(8-6-12)15-10-9-14(11-17-15)16(2,3)4;/h7-8,10-16H,1-6H3;5-7,9-11H,1-4H3;/q2*-1;/i1D3,2D3,3D3;1D3;. The minimum absolute atomic E-state index is 0. The fraction of sp³-hybridized carbons (Fsp3) is 0.250. The maximum Gasteiger partial charge on any atom is 0.216 e. The molecule has 0 fully saturated rings. The zero-order valence-corrected chi connectivity index (χ0v) is 32.1. The first-order valence-electron chi connectivity index (χ1n) is 21.9. The van der Waals surface area contributed by atoms with E-state index in [-0.39, 0.29) is 53.6 Å². The summed E-state index contributed by atoms with van der Waals surface area (Å²) in [5.41, 5.74) is 4.78. The van der Waals surface area contributed by atoms with Gasteiger partial charge in [-0.1, -0.05) is 99.8 Å². The minimum Gasteiger partial charge on any atom is -0.486 e. The van der Waals surface area contributed by atoms with Crippen molar-refractivity contribution in [1.29, 1.82) is 0 Å². The number of furan rings is 1. The molecule has 50 heavy (non-hydrogen) atoms. The molecule has 0 saturated heterocycles. The number of rotatable bonds is 4. The first-order valence-corrected chi connectivity index (χ1v) is 19.4. The van der Waals surface area contributed by atoms with Gasteiger partial charge in [0.1, 0.15) is 0 Å². The number of aryl methyl sites for hydroxylation is 4. The third-order valence-electron chi connectivity index (χ3n) is 8.35. The smallest absolute Gasteiger partial charge is 0.216 e. The molecule has 0 aliphatic carbocycles. The molecule has 1 radical (unpaired) electrons. The fourth-order valence-corrected chi connectivity index (χ4v) is 6.61. The molecule has 4 heterocycles. The minimum atomic E-state index is -2.56. The number of aromatic nitrogens is 3. The number of hydrogen-bond acceptors (Lipinski definition) is 4. The Hall–Kier alpha value is -4.22. The van der Waals surface area contributed by atoms with Crippen molar-refractivity contribution in [3.05, 3.63) is 131 Å². The van der Waals surface area contributed by atoms with Crippen molar-refractivity contribution < 1.29 is 41.0 Å². The summed E-state index contributed by atoms with van der Waals surface area (Å²) in [6.07, 6.45) is 3.11. The quantitative estimate of drug-likeness (QED) is 0.131. The first-order chi connectivity index (χ1) is 28.0. The maximum absolute atomic E-state index is 8.26. The molecule has 4 aromatic heterocycles. The average Bonchev–Trinajstić information content (AvgIpc) is 3.54. The number of benzene rings is 3. The van der Waals surface area contributed by atoms with Crippen LogP contribution >= 0.6 is 0 Å². The van der Waals surface area contributed by atoms with Crippen molar-refractivity contribution >= 4 is 35.3 Å². The molecule has 0 atom stereocenters. The summed E-state index contributed by atoms with van der Waals surface area (Å²) in [6, 6.07) is 28.3. The van der Waals surface area contributed by atoms with Crippen LogP contribution in [0.4, 0.5) is 0 Å². The van der Waals surface area contributed by atoms with Crippen LogP contribution in [0.5, 0.6) is 0 Å². The van der Waals surface area contributed by atoms with Gasteiger partial charge in [0.15, 0.2) is 0 Å². The number of fused-ring (bicyclic) bond motifs is 3. The van der Waals surface area contributed by atoms with E-state index in [9.17, 15) is 0 Å². The predicted molar refractivity (Wildman–Crippen MR) is 208 cm³/mol. The molecule has 6 heteroatoms. The molecule has 0 aliphatic heterocycles. The summed E-state index contributed by atoms with van der Waals surface area (Å²) in [5.74, 6) is 0. The zero-order valence-electron chi connectivity index (χ0n) is 40.7. The van der Waals surface area contributed by atoms with E-state index in [1.54, 1.807) is 48.5 Å². The van der Waals surface area contributed by atoms with Gasteiger partial charge in [0, 0.05) is 60.0 Å². The Balaban J connectivity index is 0.000000291. The van der Waals surface area contributed by atoms with Crippen LogP contribution < -0.4 is 5.19 Å². The number of nitrogens with zero attached hydrogens (tertiary/aromatic N) is 3. The number of pyridine rings is 3. The molecule has 3 aromatic carbocycles. The van der Waals surface area contributed by atoms with E-state index in [0.29, 0.717) is 38.7 Å². The van der Waals surface area contributed by atoms with Crippen molar-refractivity contribution in [2.45, 2.75) is 73.2 Å². The molecular formula is C44H45IrN3OSi-2. The van der Waals surface area contributed by atoms with Gasteiger partial charge in [0.2, 0.25) is 5.71 Å². The summed E-state index contributed by atoms with van der Waals surface area (Å²) in [5, 5.41) is 2.21. The van der Waals surface area contributed by atoms with Gasteiger partial charge in [-0.15, -0.1) is 53.6 Å². The van der Waals surface area contributed by atoms with Crippen LogP contribution in [0.15, 0.2) is 95.7 Å². The van der Waals surface area contributed by atoms with Crippen LogP contribution in [0.2, 0.25) is 19.6 Å². The zero-order chi connectivity index (χ0) is 45.1. The molecule has 0 N–H and O–H groups in total. The molecule has 0 spiro atoms. The Bertz CT molecular complexity index is 2650. The van der Waals surface area contributed by atoms with Gasteiger partial charge in [0.05, 0.1) is 13.7 Å². The van der Waals surface area contributed by atoms with Gasteiger partial charge in [-0.3, -0.25) is 0 Å². The Morgan fingerprint density at radius 2 is 1.56 bits per heavy atom. The molecule has 257 valence electrons. The first kappa shape index (κ1) is 24.0. The van der Waals surface area contributed by atoms with Crippen molar-refractivity contribution in [3.63, 3.8) is 0 Å². The summed E-state index contributed by atoms with van der Waals surface area (Å²) >= 11 is 0. The Morgan fingerprint density at radius 3 is 2.22 bits per heavy atom. The second-order valence-electron chi connectivity index (χ2n) is 14.0. The second-order valence-corrected chi connectivity index (χ2v) is 19.1. The van der Waals surface area contributed by atoms with Crippen LogP contribution in [0, 0.1) is 39.5 Å². The van der Waals surface area contributed by atoms with Gasteiger partial charge in [-0.2, -0.15) is 0 Å². The van der Waals surface area contributed by atoms with E-state index in [1.165, 1.54) is 23.9 Å². The molecule has 0 bridgehead atoms. The fourth-order valence-electron chi connectivity index (χ4n) is 5.45. The van der Waals surface area contributed by atoms with Crippen LogP contribution in [0.25, 0.3) is 55.7 Å². The van der Waals surface area contributed by atoms with E-state index < -0.39 is 35.5 Å². The van der Waals surface area contributed by atoms with Crippen LogP contribution in [-0.2, 0) is 25.5 Å². The van der Waals surface area contributed by atoms with Gasteiger partial charge < -0.3 is 14.4 Å². The molecule has 7 rings (SSSR count). The Kier molecular flexibility index (Phi) is 7.00. The normalized spacial score (nSPS) is 16.2. The maximum atomic E-state index is 8.26. The van der Waals surface area contributed by atoms with Crippen LogP contribution in [-0.4, -0.2) is 23.0 Å². The monoisotopic (exact) mass is 864 g/mol. The largest absolute Gasteiger partial charge is 0.486 e. The molecule has 0 amide bonds. The van der Waals surface area contributed by atoms with Gasteiger partial charge in [0.25, 0.3) is 0 Å². The van der Waals surface area contributed by atoms with E-state index >= 15 is 0 Å². The summed E-state index contributed by atoms with van der Waals surface area (Å²) in [4.78, 5) is 13.1. The molecule has 7 aromatic rings. The topological polar surface area (TPSA) is 51.8 Å². The molecule has 0 saturated carbocycles. The van der Waals surface area contributed by atoms with E-state index in [1.807, 2.05) is 24.4 Å². The van der Waals surface area contributed by atoms with Gasteiger partial charge in [-0.05, 0) is 77.3 Å². The van der Waals surface area contributed by atoms with Gasteiger partial charge >= 0.3 is 0 Å². The van der Waals surface area contributed by atoms with Crippen molar-refractivity contribution in [2.24, 2.45) is 0 Å². The van der Waals surface area contributed by atoms with E-state index in [2.05, 4.69) is 67.5 Å². The van der Waals surface area contributed by atoms with E-state index in [0.717, 1.165) is 16.4 Å². The molecule has 4 nitrogen and oxygen atoms in total. The van der Waals surface area contributed by atoms with Crippen molar-refractivity contribution in [1.82, 2.24) is 15.0 Å². The van der Waals surface area contributed by atoms with Crippen molar-refractivity contribution in [2.75, 3.05) is 0 Å². The number of hydrogen-bond donors (Lipinski definition) is 0. The predicted octanol–water partition coefficient (Wildman–Crippen LogP) is 11.1. The van der Waals surface area contributed by atoms with Crippen LogP contribution in [0.3, 0.4) is 0 Å². The molecular weight excluding hydrogens is 807 g/mol. The average molecular weight is 864 g/mol. The third-order valence-corrected chi connectivity index (χ3v) is 10.4. The van der Waals surface area contributed by atoms with Crippen LogP contribution in [0.1, 0.15) is 65.2 Å². The van der Waals surface area contributed by atoms with Gasteiger partial charge in [-0.25, -0.2) is 4.98 Å². The van der Waals surface area contributed by atoms with E-state index in [4.69, 9.17) is 20.9 Å². The molecule has 0 unspecified atom stereocenters.